The van der Waals surface area contributed by atoms with Crippen molar-refractivity contribution in [2.75, 3.05) is 44.7 Å². The Labute approximate surface area is 132 Å². The zero-order chi connectivity index (χ0) is 14.4. The number of rotatable bonds is 7. The minimum atomic E-state index is 0.765. The van der Waals surface area contributed by atoms with Crippen LogP contribution >= 0.6 is 23.1 Å². The van der Waals surface area contributed by atoms with Gasteiger partial charge in [0.25, 0.3) is 0 Å². The number of hydrogen-bond acceptors (Lipinski definition) is 4. The molecule has 0 spiro atoms. The largest absolute Gasteiger partial charge is 0.300 e. The molecule has 1 fully saturated rings. The fourth-order valence-corrected chi connectivity index (χ4v) is 4.34. The van der Waals surface area contributed by atoms with Gasteiger partial charge in [-0.2, -0.15) is 11.8 Å². The van der Waals surface area contributed by atoms with E-state index in [1.54, 1.807) is 9.75 Å². The molecule has 0 unspecified atom stereocenters. The lowest BCUT2D eigenvalue weighted by molar-refractivity contribution is 0.133. The molecule has 0 N–H and O–H groups in total. The molecule has 1 saturated heterocycles. The normalized spacial score (nSPS) is 18.0. The molecule has 0 aliphatic carbocycles. The molecular formula is C16H28N2S2. The van der Waals surface area contributed by atoms with Crippen LogP contribution in [-0.4, -0.2) is 54.5 Å². The monoisotopic (exact) mass is 312 g/mol. The van der Waals surface area contributed by atoms with E-state index in [2.05, 4.69) is 42.0 Å². The molecule has 1 aliphatic heterocycles. The fourth-order valence-electron chi connectivity index (χ4n) is 2.63. The highest BCUT2D eigenvalue weighted by Crippen LogP contribution is 2.21. The van der Waals surface area contributed by atoms with Gasteiger partial charge in [-0.15, -0.1) is 11.3 Å². The Kier molecular flexibility index (Phi) is 6.88. The molecule has 0 aromatic carbocycles. The van der Waals surface area contributed by atoms with Gasteiger partial charge < -0.3 is 0 Å². The van der Waals surface area contributed by atoms with Gasteiger partial charge in [0.2, 0.25) is 0 Å². The summed E-state index contributed by atoms with van der Waals surface area (Å²) in [6.45, 7) is 11.9. The minimum absolute atomic E-state index is 0.765. The number of piperazine rings is 1. The quantitative estimate of drug-likeness (QED) is 0.761. The first-order chi connectivity index (χ1) is 9.67. The van der Waals surface area contributed by atoms with Crippen molar-refractivity contribution < 1.29 is 0 Å². The first-order valence-electron chi connectivity index (χ1n) is 7.68. The Balaban J connectivity index is 1.73. The maximum absolute atomic E-state index is 2.61. The van der Waals surface area contributed by atoms with Gasteiger partial charge in [0, 0.05) is 54.8 Å². The van der Waals surface area contributed by atoms with Gasteiger partial charge in [-0.05, 0) is 30.7 Å². The Hall–Kier alpha value is -0.0300. The molecule has 20 heavy (non-hydrogen) atoms. The van der Waals surface area contributed by atoms with Crippen molar-refractivity contribution in [3.63, 3.8) is 0 Å². The lowest BCUT2D eigenvalue weighted by atomic mass is 10.1. The fraction of sp³-hybridized carbons (Fsp3) is 0.750. The van der Waals surface area contributed by atoms with Crippen molar-refractivity contribution in [1.82, 2.24) is 9.80 Å². The Morgan fingerprint density at radius 3 is 2.40 bits per heavy atom. The standard InChI is InChI=1S/C16H28N2S2/c1-14(2)12-15-4-5-16(20-15)13-18-8-6-17(7-9-18)10-11-19-3/h4-5,14H,6-13H2,1-3H3. The van der Waals surface area contributed by atoms with Crippen molar-refractivity contribution in [2.24, 2.45) is 5.92 Å². The summed E-state index contributed by atoms with van der Waals surface area (Å²) in [4.78, 5) is 8.30. The number of nitrogens with zero attached hydrogens (tertiary/aromatic N) is 2. The molecule has 0 bridgehead atoms. The summed E-state index contributed by atoms with van der Waals surface area (Å²) < 4.78 is 0. The van der Waals surface area contributed by atoms with Gasteiger partial charge in [0.15, 0.2) is 0 Å². The maximum atomic E-state index is 2.61. The van der Waals surface area contributed by atoms with Gasteiger partial charge in [-0.1, -0.05) is 13.8 Å². The van der Waals surface area contributed by atoms with Crippen LogP contribution in [0.15, 0.2) is 12.1 Å². The topological polar surface area (TPSA) is 6.48 Å². The Morgan fingerprint density at radius 2 is 1.75 bits per heavy atom. The third kappa shape index (κ3) is 5.40. The molecule has 0 radical (unpaired) electrons. The zero-order valence-corrected chi connectivity index (χ0v) is 14.7. The van der Waals surface area contributed by atoms with E-state index in [-0.39, 0.29) is 0 Å². The second-order valence-corrected chi connectivity index (χ2v) is 8.32. The van der Waals surface area contributed by atoms with Crippen LogP contribution in [0.25, 0.3) is 0 Å². The van der Waals surface area contributed by atoms with E-state index in [4.69, 9.17) is 0 Å². The van der Waals surface area contributed by atoms with Crippen molar-refractivity contribution in [3.8, 4) is 0 Å². The molecular weight excluding hydrogens is 284 g/mol. The Bertz CT molecular complexity index is 382. The molecule has 0 saturated carbocycles. The van der Waals surface area contributed by atoms with Crippen LogP contribution in [0, 0.1) is 5.92 Å². The van der Waals surface area contributed by atoms with Crippen LogP contribution in [-0.2, 0) is 13.0 Å². The number of hydrogen-bond donors (Lipinski definition) is 0. The molecule has 1 aliphatic rings. The highest BCUT2D eigenvalue weighted by molar-refractivity contribution is 7.98. The van der Waals surface area contributed by atoms with Gasteiger partial charge in [-0.3, -0.25) is 9.80 Å². The van der Waals surface area contributed by atoms with E-state index in [9.17, 15) is 0 Å². The highest BCUT2D eigenvalue weighted by atomic mass is 32.2. The average molecular weight is 313 g/mol. The third-order valence-electron chi connectivity index (χ3n) is 3.78. The van der Waals surface area contributed by atoms with E-state index < -0.39 is 0 Å². The lowest BCUT2D eigenvalue weighted by Crippen LogP contribution is -2.46. The molecule has 0 amide bonds. The van der Waals surface area contributed by atoms with Crippen LogP contribution < -0.4 is 0 Å². The summed E-state index contributed by atoms with van der Waals surface area (Å²) >= 11 is 3.96. The van der Waals surface area contributed by atoms with Gasteiger partial charge in [-0.25, -0.2) is 0 Å². The minimum Gasteiger partial charge on any atom is -0.300 e. The maximum Gasteiger partial charge on any atom is 0.0329 e. The summed E-state index contributed by atoms with van der Waals surface area (Å²) in [6, 6.07) is 4.66. The molecule has 2 rings (SSSR count). The molecule has 1 aromatic heterocycles. The van der Waals surface area contributed by atoms with Crippen LogP contribution in [0.1, 0.15) is 23.6 Å². The number of thiophene rings is 1. The smallest absolute Gasteiger partial charge is 0.0329 e. The SMILES string of the molecule is CSCCN1CCN(Cc2ccc(CC(C)C)s2)CC1. The first kappa shape index (κ1) is 16.3. The predicted molar refractivity (Wildman–Crippen MR) is 93.0 cm³/mol. The predicted octanol–water partition coefficient (Wildman–Crippen LogP) is 3.43. The van der Waals surface area contributed by atoms with Crippen molar-refractivity contribution in [3.05, 3.63) is 21.9 Å². The lowest BCUT2D eigenvalue weighted by Gasteiger charge is -2.34. The highest BCUT2D eigenvalue weighted by Gasteiger charge is 2.17. The van der Waals surface area contributed by atoms with E-state index >= 15 is 0 Å². The Morgan fingerprint density at radius 1 is 1.10 bits per heavy atom. The van der Waals surface area contributed by atoms with E-state index in [0.29, 0.717) is 0 Å². The summed E-state index contributed by atoms with van der Waals surface area (Å²) in [7, 11) is 0. The summed E-state index contributed by atoms with van der Waals surface area (Å²) in [5.74, 6) is 2.03. The third-order valence-corrected chi connectivity index (χ3v) is 5.47. The van der Waals surface area contributed by atoms with E-state index in [0.717, 1.165) is 12.5 Å². The van der Waals surface area contributed by atoms with Crippen molar-refractivity contribution in [1.29, 1.82) is 0 Å². The average Bonchev–Trinajstić information content (AvgIpc) is 2.84. The molecule has 2 heterocycles. The summed E-state index contributed by atoms with van der Waals surface area (Å²) in [6.07, 6.45) is 3.43. The summed E-state index contributed by atoms with van der Waals surface area (Å²) in [5, 5.41) is 0. The molecule has 0 atom stereocenters. The van der Waals surface area contributed by atoms with Gasteiger partial charge in [0.05, 0.1) is 0 Å². The molecule has 1 aromatic rings. The van der Waals surface area contributed by atoms with Crippen LogP contribution in [0.4, 0.5) is 0 Å². The van der Waals surface area contributed by atoms with E-state index in [1.165, 1.54) is 44.9 Å². The first-order valence-corrected chi connectivity index (χ1v) is 9.89. The molecule has 114 valence electrons. The van der Waals surface area contributed by atoms with Crippen LogP contribution in [0.5, 0.6) is 0 Å². The number of thioether (sulfide) groups is 1. The van der Waals surface area contributed by atoms with Gasteiger partial charge in [0.1, 0.15) is 0 Å². The molecule has 2 nitrogen and oxygen atoms in total. The van der Waals surface area contributed by atoms with Crippen molar-refractivity contribution in [2.45, 2.75) is 26.8 Å². The molecule has 4 heteroatoms. The summed E-state index contributed by atoms with van der Waals surface area (Å²) in [5.41, 5.74) is 0. The van der Waals surface area contributed by atoms with Gasteiger partial charge >= 0.3 is 0 Å². The van der Waals surface area contributed by atoms with Crippen molar-refractivity contribution >= 4 is 23.1 Å². The zero-order valence-electron chi connectivity index (χ0n) is 13.1. The van der Waals surface area contributed by atoms with Crippen LogP contribution in [0.2, 0.25) is 0 Å². The second-order valence-electron chi connectivity index (χ2n) is 6.08. The van der Waals surface area contributed by atoms with Crippen LogP contribution in [0.3, 0.4) is 0 Å². The second kappa shape index (κ2) is 8.42. The van der Waals surface area contributed by atoms with E-state index in [1.807, 2.05) is 23.1 Å².